The summed E-state index contributed by atoms with van der Waals surface area (Å²) in [4.78, 5) is 18.9. The van der Waals surface area contributed by atoms with E-state index in [9.17, 15) is 4.79 Å². The van der Waals surface area contributed by atoms with Crippen LogP contribution in [0.2, 0.25) is 0 Å². The number of amides is 1. The van der Waals surface area contributed by atoms with Crippen molar-refractivity contribution in [2.75, 3.05) is 19.6 Å². The smallest absolute Gasteiger partial charge is 0.410 e. The first-order valence-corrected chi connectivity index (χ1v) is 9.51. The molecule has 3 aromatic rings. The Morgan fingerprint density at radius 3 is 2.86 bits per heavy atom. The molecule has 0 radical (unpaired) electrons. The van der Waals surface area contributed by atoms with Crippen LogP contribution in [0, 0.1) is 0 Å². The van der Waals surface area contributed by atoms with Crippen LogP contribution in [0.5, 0.6) is 0 Å². The largest absolute Gasteiger partial charge is 0.444 e. The zero-order chi connectivity index (χ0) is 19.7. The summed E-state index contributed by atoms with van der Waals surface area (Å²) in [5.74, 6) is 0. The van der Waals surface area contributed by atoms with Crippen molar-refractivity contribution in [2.45, 2.75) is 32.4 Å². The Bertz CT molecular complexity index is 977. The van der Waals surface area contributed by atoms with E-state index in [4.69, 9.17) is 4.74 Å². The van der Waals surface area contributed by atoms with E-state index in [2.05, 4.69) is 15.4 Å². The zero-order valence-corrected chi connectivity index (χ0v) is 16.4. The zero-order valence-electron chi connectivity index (χ0n) is 16.4. The van der Waals surface area contributed by atoms with Crippen LogP contribution in [0.15, 0.2) is 48.9 Å². The molecule has 0 saturated carbocycles. The van der Waals surface area contributed by atoms with Crippen molar-refractivity contribution in [3.8, 4) is 11.3 Å². The van der Waals surface area contributed by atoms with E-state index in [-0.39, 0.29) is 12.1 Å². The third-order valence-electron chi connectivity index (χ3n) is 4.74. The highest BCUT2D eigenvalue weighted by molar-refractivity contribution is 5.71. The van der Waals surface area contributed by atoms with Crippen molar-refractivity contribution in [3.05, 3.63) is 54.5 Å². The van der Waals surface area contributed by atoms with Crippen LogP contribution in [0.4, 0.5) is 4.79 Å². The number of rotatable bonds is 2. The summed E-state index contributed by atoms with van der Waals surface area (Å²) < 4.78 is 7.47. The molecule has 0 bridgehead atoms. The Morgan fingerprint density at radius 2 is 2.11 bits per heavy atom. The van der Waals surface area contributed by atoms with E-state index in [0.717, 1.165) is 28.9 Å². The molecule has 0 aliphatic carbocycles. The monoisotopic (exact) mass is 379 g/mol. The van der Waals surface area contributed by atoms with Crippen molar-refractivity contribution in [2.24, 2.45) is 0 Å². The summed E-state index contributed by atoms with van der Waals surface area (Å²) in [5, 5.41) is 7.91. The van der Waals surface area contributed by atoms with Gasteiger partial charge in [0.2, 0.25) is 0 Å². The third-order valence-corrected chi connectivity index (χ3v) is 4.74. The summed E-state index contributed by atoms with van der Waals surface area (Å²) in [7, 11) is 0. The highest BCUT2D eigenvalue weighted by Gasteiger charge is 2.33. The lowest BCUT2D eigenvalue weighted by Gasteiger charge is -2.36. The second-order valence-electron chi connectivity index (χ2n) is 7.96. The first-order chi connectivity index (χ1) is 13.4. The van der Waals surface area contributed by atoms with Gasteiger partial charge in [0.25, 0.3) is 0 Å². The standard InChI is InChI=1S/C21H25N5O2/c1-21(2,3)28-20(27)25-11-10-22-13-19(25)16-12-24-26-14-15(7-8-18(16)26)17-6-4-5-9-23-17/h4-9,12,14,19,22H,10-11,13H2,1-3H3. The Kier molecular flexibility index (Phi) is 4.77. The molecule has 7 heteroatoms. The van der Waals surface area contributed by atoms with Crippen molar-refractivity contribution >= 4 is 11.6 Å². The molecule has 1 unspecified atom stereocenters. The summed E-state index contributed by atoms with van der Waals surface area (Å²) >= 11 is 0. The first kappa shape index (κ1) is 18.4. The minimum absolute atomic E-state index is 0.123. The number of piperazine rings is 1. The summed E-state index contributed by atoms with van der Waals surface area (Å²) in [6.45, 7) is 7.67. The van der Waals surface area contributed by atoms with E-state index >= 15 is 0 Å². The van der Waals surface area contributed by atoms with Gasteiger partial charge in [-0.3, -0.25) is 9.88 Å². The number of hydrogen-bond acceptors (Lipinski definition) is 5. The normalized spacial score (nSPS) is 17.7. The van der Waals surface area contributed by atoms with Crippen LogP contribution in [0.1, 0.15) is 32.4 Å². The van der Waals surface area contributed by atoms with Crippen LogP contribution in [0.3, 0.4) is 0 Å². The highest BCUT2D eigenvalue weighted by atomic mass is 16.6. The second-order valence-corrected chi connectivity index (χ2v) is 7.96. The van der Waals surface area contributed by atoms with Gasteiger partial charge in [0.1, 0.15) is 5.60 Å². The summed E-state index contributed by atoms with van der Waals surface area (Å²) in [5.41, 5.74) is 3.35. The highest BCUT2D eigenvalue weighted by Crippen LogP contribution is 2.29. The lowest BCUT2D eigenvalue weighted by atomic mass is 10.0. The predicted octanol–water partition coefficient (Wildman–Crippen LogP) is 3.28. The van der Waals surface area contributed by atoms with Gasteiger partial charge in [-0.15, -0.1) is 0 Å². The molecule has 1 aliphatic rings. The molecule has 0 aromatic carbocycles. The van der Waals surface area contributed by atoms with Gasteiger partial charge in [-0.1, -0.05) is 6.07 Å². The molecule has 1 fully saturated rings. The fourth-order valence-corrected chi connectivity index (χ4v) is 3.47. The maximum Gasteiger partial charge on any atom is 0.410 e. The minimum atomic E-state index is -0.523. The Balaban J connectivity index is 1.66. The number of fused-ring (bicyclic) bond motifs is 1. The Hall–Kier alpha value is -2.93. The third kappa shape index (κ3) is 3.71. The number of aromatic nitrogens is 3. The van der Waals surface area contributed by atoms with Crippen molar-refractivity contribution in [1.82, 2.24) is 24.8 Å². The molecular formula is C21H25N5O2. The van der Waals surface area contributed by atoms with Gasteiger partial charge in [-0.25, -0.2) is 9.31 Å². The molecular weight excluding hydrogens is 354 g/mol. The van der Waals surface area contributed by atoms with Crippen molar-refractivity contribution in [3.63, 3.8) is 0 Å². The van der Waals surface area contributed by atoms with Gasteiger partial charge in [0, 0.05) is 43.2 Å². The number of pyridine rings is 2. The Morgan fingerprint density at radius 1 is 1.25 bits per heavy atom. The lowest BCUT2D eigenvalue weighted by Crippen LogP contribution is -2.50. The molecule has 7 nitrogen and oxygen atoms in total. The predicted molar refractivity (Wildman–Crippen MR) is 107 cm³/mol. The van der Waals surface area contributed by atoms with Crippen molar-refractivity contribution in [1.29, 1.82) is 0 Å². The molecule has 4 rings (SSSR count). The molecule has 1 N–H and O–H groups in total. The number of ether oxygens (including phenoxy) is 1. The topological polar surface area (TPSA) is 71.8 Å². The fraction of sp³-hybridized carbons (Fsp3) is 0.381. The maximum absolute atomic E-state index is 12.7. The van der Waals surface area contributed by atoms with Crippen LogP contribution >= 0.6 is 0 Å². The molecule has 28 heavy (non-hydrogen) atoms. The second kappa shape index (κ2) is 7.24. The molecule has 3 aromatic heterocycles. The molecule has 146 valence electrons. The van der Waals surface area contributed by atoms with Gasteiger partial charge in [0.05, 0.1) is 23.4 Å². The number of carbonyl (C=O) groups is 1. The molecule has 1 saturated heterocycles. The number of carbonyl (C=O) groups excluding carboxylic acids is 1. The van der Waals surface area contributed by atoms with Crippen molar-refractivity contribution < 1.29 is 9.53 Å². The lowest BCUT2D eigenvalue weighted by molar-refractivity contribution is 0.0119. The van der Waals surface area contributed by atoms with Gasteiger partial charge < -0.3 is 10.1 Å². The van der Waals surface area contributed by atoms with E-state index in [0.29, 0.717) is 13.1 Å². The number of hydrogen-bond donors (Lipinski definition) is 1. The van der Waals surface area contributed by atoms with Gasteiger partial charge in [-0.05, 0) is 45.0 Å². The minimum Gasteiger partial charge on any atom is -0.444 e. The van der Waals surface area contributed by atoms with Gasteiger partial charge in [-0.2, -0.15) is 5.10 Å². The summed E-state index contributed by atoms with van der Waals surface area (Å²) in [6, 6.07) is 9.79. The maximum atomic E-state index is 12.7. The van der Waals surface area contributed by atoms with Crippen LogP contribution in [-0.4, -0.2) is 50.8 Å². The number of nitrogens with one attached hydrogen (secondary N) is 1. The molecule has 0 spiro atoms. The average molecular weight is 379 g/mol. The van der Waals surface area contributed by atoms with E-state index in [1.165, 1.54) is 0 Å². The fourth-order valence-electron chi connectivity index (χ4n) is 3.47. The van der Waals surface area contributed by atoms with Gasteiger partial charge >= 0.3 is 6.09 Å². The van der Waals surface area contributed by atoms with E-state index in [1.807, 2.05) is 68.0 Å². The first-order valence-electron chi connectivity index (χ1n) is 9.51. The quantitative estimate of drug-likeness (QED) is 0.740. The molecule has 1 amide bonds. The molecule has 1 atom stereocenters. The SMILES string of the molecule is CC(C)(C)OC(=O)N1CCNCC1c1cnn2cc(-c3ccccn3)ccc12. The number of nitrogens with zero attached hydrogens (tertiary/aromatic N) is 4. The van der Waals surface area contributed by atoms with Crippen LogP contribution in [0.25, 0.3) is 16.8 Å². The van der Waals surface area contributed by atoms with Crippen LogP contribution in [-0.2, 0) is 4.74 Å². The van der Waals surface area contributed by atoms with E-state index < -0.39 is 5.60 Å². The summed E-state index contributed by atoms with van der Waals surface area (Å²) in [6.07, 6.45) is 5.30. The van der Waals surface area contributed by atoms with Gasteiger partial charge in [0.15, 0.2) is 0 Å². The van der Waals surface area contributed by atoms with Crippen LogP contribution < -0.4 is 5.32 Å². The average Bonchev–Trinajstić information content (AvgIpc) is 3.10. The van der Waals surface area contributed by atoms with E-state index in [1.54, 1.807) is 11.1 Å². The Labute approximate surface area is 164 Å². The molecule has 1 aliphatic heterocycles. The molecule has 4 heterocycles.